The summed E-state index contributed by atoms with van der Waals surface area (Å²) in [5.41, 5.74) is 0.245. The van der Waals surface area contributed by atoms with Crippen molar-refractivity contribution in [2.45, 2.75) is 4.90 Å². The Labute approximate surface area is 142 Å². The minimum absolute atomic E-state index is 0.0528. The molecule has 0 spiro atoms. The van der Waals surface area contributed by atoms with E-state index in [0.29, 0.717) is 10.2 Å². The van der Waals surface area contributed by atoms with Crippen molar-refractivity contribution in [3.63, 3.8) is 0 Å². The van der Waals surface area contributed by atoms with Gasteiger partial charge in [-0.25, -0.2) is 13.2 Å². The van der Waals surface area contributed by atoms with Crippen LogP contribution in [-0.2, 0) is 14.8 Å². The molecule has 0 aliphatic heterocycles. The maximum Gasteiger partial charge on any atom is 0.340 e. The molecule has 0 aliphatic carbocycles. The maximum atomic E-state index is 12.4. The summed E-state index contributed by atoms with van der Waals surface area (Å²) in [5, 5.41) is 0. The Bertz CT molecular complexity index is 818. The number of carbonyl (C=O) groups excluding carboxylic acids is 1. The van der Waals surface area contributed by atoms with Crippen LogP contribution in [0.3, 0.4) is 0 Å². The Hall–Kier alpha value is -2.06. The predicted molar refractivity (Wildman–Crippen MR) is 89.3 cm³/mol. The summed E-state index contributed by atoms with van der Waals surface area (Å²) >= 11 is 3.24. The van der Waals surface area contributed by atoms with Gasteiger partial charge in [-0.15, -0.1) is 0 Å². The van der Waals surface area contributed by atoms with Gasteiger partial charge >= 0.3 is 5.97 Å². The molecule has 0 fully saturated rings. The standard InChI is InChI=1S/C15H14BrNO5S/c1-21-11-4-6-12(7-5-11)23(19,20)17-14-8-3-10(16)9-13(14)15(18)22-2/h3-9,17H,1-2H3. The van der Waals surface area contributed by atoms with Crippen LogP contribution in [0.4, 0.5) is 5.69 Å². The molecule has 0 atom stereocenters. The van der Waals surface area contributed by atoms with E-state index in [4.69, 9.17) is 4.74 Å². The van der Waals surface area contributed by atoms with Crippen LogP contribution in [-0.4, -0.2) is 28.6 Å². The molecule has 122 valence electrons. The third-order valence-electron chi connectivity index (χ3n) is 3.00. The van der Waals surface area contributed by atoms with E-state index >= 15 is 0 Å². The first-order valence-corrected chi connectivity index (χ1v) is 8.69. The average Bonchev–Trinajstić information content (AvgIpc) is 2.55. The fourth-order valence-electron chi connectivity index (χ4n) is 1.84. The highest BCUT2D eigenvalue weighted by Gasteiger charge is 2.19. The predicted octanol–water partition coefficient (Wildman–Crippen LogP) is 3.05. The Kier molecular flexibility index (Phi) is 5.27. The van der Waals surface area contributed by atoms with Gasteiger partial charge in [0.2, 0.25) is 0 Å². The summed E-state index contributed by atoms with van der Waals surface area (Å²) in [6.45, 7) is 0. The summed E-state index contributed by atoms with van der Waals surface area (Å²) in [5.74, 6) is -0.0958. The molecule has 8 heteroatoms. The fourth-order valence-corrected chi connectivity index (χ4v) is 3.28. The summed E-state index contributed by atoms with van der Waals surface area (Å²) in [4.78, 5) is 11.9. The smallest absolute Gasteiger partial charge is 0.340 e. The number of carbonyl (C=O) groups is 1. The van der Waals surface area contributed by atoms with Gasteiger partial charge in [-0.05, 0) is 42.5 Å². The average molecular weight is 400 g/mol. The van der Waals surface area contributed by atoms with Crippen LogP contribution >= 0.6 is 15.9 Å². The van der Waals surface area contributed by atoms with Crippen LogP contribution in [0, 0.1) is 0 Å². The summed E-state index contributed by atoms with van der Waals surface area (Å²) in [6.07, 6.45) is 0. The molecule has 0 heterocycles. The normalized spacial score (nSPS) is 10.9. The molecular formula is C15H14BrNO5S. The first kappa shape index (κ1) is 17.3. The second-order valence-electron chi connectivity index (χ2n) is 4.46. The second-order valence-corrected chi connectivity index (χ2v) is 7.06. The van der Waals surface area contributed by atoms with E-state index in [9.17, 15) is 13.2 Å². The zero-order valence-electron chi connectivity index (χ0n) is 12.4. The summed E-state index contributed by atoms with van der Waals surface area (Å²) < 4.78 is 37.6. The summed E-state index contributed by atoms with van der Waals surface area (Å²) in [7, 11) is -1.12. The van der Waals surface area contributed by atoms with Gasteiger partial charge in [0.25, 0.3) is 10.0 Å². The van der Waals surface area contributed by atoms with Crippen molar-refractivity contribution in [3.05, 3.63) is 52.5 Å². The number of benzene rings is 2. The minimum atomic E-state index is -3.84. The molecule has 23 heavy (non-hydrogen) atoms. The first-order valence-electron chi connectivity index (χ1n) is 6.42. The largest absolute Gasteiger partial charge is 0.497 e. The topological polar surface area (TPSA) is 81.7 Å². The molecule has 0 aliphatic rings. The Morgan fingerprint density at radius 1 is 1.09 bits per heavy atom. The molecule has 2 aromatic rings. The lowest BCUT2D eigenvalue weighted by Crippen LogP contribution is -2.16. The number of halogens is 1. The molecular weight excluding hydrogens is 386 g/mol. The highest BCUT2D eigenvalue weighted by atomic mass is 79.9. The first-order chi connectivity index (χ1) is 10.9. The lowest BCUT2D eigenvalue weighted by Gasteiger charge is -2.12. The zero-order valence-corrected chi connectivity index (χ0v) is 14.8. The molecule has 0 unspecified atom stereocenters. The zero-order chi connectivity index (χ0) is 17.0. The van der Waals surface area contributed by atoms with Gasteiger partial charge in [0.1, 0.15) is 5.75 Å². The van der Waals surface area contributed by atoms with Crippen LogP contribution in [0.2, 0.25) is 0 Å². The second kappa shape index (κ2) is 7.01. The van der Waals surface area contributed by atoms with Crippen molar-refractivity contribution in [3.8, 4) is 5.75 Å². The fraction of sp³-hybridized carbons (Fsp3) is 0.133. The quantitative estimate of drug-likeness (QED) is 0.781. The summed E-state index contributed by atoms with van der Waals surface area (Å²) in [6, 6.07) is 10.5. The van der Waals surface area contributed by atoms with Gasteiger partial charge in [0.15, 0.2) is 0 Å². The Balaban J connectivity index is 2.38. The number of nitrogens with one attached hydrogen (secondary N) is 1. The third kappa shape index (κ3) is 4.02. The molecule has 0 bridgehead atoms. The van der Waals surface area contributed by atoms with E-state index in [1.54, 1.807) is 6.07 Å². The number of esters is 1. The van der Waals surface area contributed by atoms with Gasteiger partial charge in [0.05, 0.1) is 30.4 Å². The number of ether oxygens (including phenoxy) is 2. The van der Waals surface area contributed by atoms with Crippen molar-refractivity contribution in [2.75, 3.05) is 18.9 Å². The number of methoxy groups -OCH3 is 2. The molecule has 2 rings (SSSR count). The number of hydrogen-bond acceptors (Lipinski definition) is 5. The van der Waals surface area contributed by atoms with E-state index in [0.717, 1.165) is 0 Å². The molecule has 6 nitrogen and oxygen atoms in total. The van der Waals surface area contributed by atoms with Gasteiger partial charge < -0.3 is 9.47 Å². The van der Waals surface area contributed by atoms with Crippen LogP contribution < -0.4 is 9.46 Å². The van der Waals surface area contributed by atoms with E-state index in [1.165, 1.54) is 50.6 Å². The van der Waals surface area contributed by atoms with Crippen molar-refractivity contribution in [2.24, 2.45) is 0 Å². The maximum absolute atomic E-state index is 12.4. The highest BCUT2D eigenvalue weighted by molar-refractivity contribution is 9.10. The van der Waals surface area contributed by atoms with Crippen molar-refractivity contribution >= 4 is 37.6 Å². The van der Waals surface area contributed by atoms with E-state index in [2.05, 4.69) is 25.4 Å². The lowest BCUT2D eigenvalue weighted by molar-refractivity contribution is 0.0602. The SMILES string of the molecule is COC(=O)c1cc(Br)ccc1NS(=O)(=O)c1ccc(OC)cc1. The van der Waals surface area contributed by atoms with Crippen molar-refractivity contribution in [1.29, 1.82) is 0 Å². The number of anilines is 1. The van der Waals surface area contributed by atoms with Crippen molar-refractivity contribution in [1.82, 2.24) is 0 Å². The third-order valence-corrected chi connectivity index (χ3v) is 4.88. The molecule has 1 N–H and O–H groups in total. The van der Waals surface area contributed by atoms with E-state index in [1.807, 2.05) is 0 Å². The molecule has 0 aromatic heterocycles. The Morgan fingerprint density at radius 3 is 2.30 bits per heavy atom. The molecule has 0 amide bonds. The number of hydrogen-bond donors (Lipinski definition) is 1. The van der Waals surface area contributed by atoms with E-state index < -0.39 is 16.0 Å². The number of rotatable bonds is 5. The highest BCUT2D eigenvalue weighted by Crippen LogP contribution is 2.25. The van der Waals surface area contributed by atoms with Crippen molar-refractivity contribution < 1.29 is 22.7 Å². The minimum Gasteiger partial charge on any atom is -0.497 e. The van der Waals surface area contributed by atoms with Crippen LogP contribution in [0.25, 0.3) is 0 Å². The van der Waals surface area contributed by atoms with Crippen LogP contribution in [0.1, 0.15) is 10.4 Å². The van der Waals surface area contributed by atoms with Gasteiger partial charge in [0, 0.05) is 4.47 Å². The molecule has 2 aromatic carbocycles. The molecule has 0 saturated carbocycles. The van der Waals surface area contributed by atoms with E-state index in [-0.39, 0.29) is 16.1 Å². The van der Waals surface area contributed by atoms with Gasteiger partial charge in [-0.2, -0.15) is 0 Å². The Morgan fingerprint density at radius 2 is 1.74 bits per heavy atom. The molecule has 0 saturated heterocycles. The molecule has 0 radical (unpaired) electrons. The number of sulfonamides is 1. The van der Waals surface area contributed by atoms with Crippen LogP contribution in [0.5, 0.6) is 5.75 Å². The van der Waals surface area contributed by atoms with Gasteiger partial charge in [-0.3, -0.25) is 4.72 Å². The van der Waals surface area contributed by atoms with Crippen LogP contribution in [0.15, 0.2) is 51.8 Å². The van der Waals surface area contributed by atoms with Gasteiger partial charge in [-0.1, -0.05) is 15.9 Å². The monoisotopic (exact) mass is 399 g/mol. The lowest BCUT2D eigenvalue weighted by atomic mass is 10.2.